The van der Waals surface area contributed by atoms with Crippen molar-refractivity contribution in [2.45, 2.75) is 19.4 Å². The average Bonchev–Trinajstić information content (AvgIpc) is 3.15. The topological polar surface area (TPSA) is 59.2 Å². The zero-order valence-corrected chi connectivity index (χ0v) is 13.3. The van der Waals surface area contributed by atoms with E-state index >= 15 is 0 Å². The summed E-state index contributed by atoms with van der Waals surface area (Å²) in [5.41, 5.74) is 1.62. The smallest absolute Gasteiger partial charge is 0.274 e. The van der Waals surface area contributed by atoms with E-state index < -0.39 is 0 Å². The van der Waals surface area contributed by atoms with Crippen molar-refractivity contribution in [1.82, 2.24) is 14.9 Å². The molecule has 0 atom stereocenters. The average molecular weight is 321 g/mol. The summed E-state index contributed by atoms with van der Waals surface area (Å²) in [5, 5.41) is 0. The third kappa shape index (κ3) is 4.29. The van der Waals surface area contributed by atoms with E-state index in [2.05, 4.69) is 22.1 Å². The molecule has 0 N–H and O–H groups in total. The van der Waals surface area contributed by atoms with E-state index in [9.17, 15) is 4.79 Å². The lowest BCUT2D eigenvalue weighted by Crippen LogP contribution is -2.32. The van der Waals surface area contributed by atoms with Gasteiger partial charge in [0.15, 0.2) is 0 Å². The van der Waals surface area contributed by atoms with E-state index in [0.29, 0.717) is 18.8 Å². The van der Waals surface area contributed by atoms with Gasteiger partial charge >= 0.3 is 0 Å². The number of nitrogens with zero attached hydrogens (tertiary/aromatic N) is 3. The number of carbonyl (C=O) groups is 1. The molecule has 3 aromatic rings. The largest absolute Gasteiger partial charge is 0.467 e. The molecule has 2 aromatic heterocycles. The van der Waals surface area contributed by atoms with Gasteiger partial charge in [0, 0.05) is 18.9 Å². The normalized spacial score (nSPS) is 10.5. The van der Waals surface area contributed by atoms with Crippen molar-refractivity contribution in [3.8, 4) is 0 Å². The molecule has 5 heteroatoms. The maximum atomic E-state index is 12.7. The van der Waals surface area contributed by atoms with Crippen LogP contribution < -0.4 is 0 Å². The van der Waals surface area contributed by atoms with Crippen LogP contribution in [0.2, 0.25) is 0 Å². The van der Waals surface area contributed by atoms with Crippen LogP contribution in [0.5, 0.6) is 0 Å². The van der Waals surface area contributed by atoms with Gasteiger partial charge in [-0.3, -0.25) is 9.78 Å². The fourth-order valence-electron chi connectivity index (χ4n) is 2.53. The van der Waals surface area contributed by atoms with E-state index in [-0.39, 0.29) is 5.91 Å². The van der Waals surface area contributed by atoms with Gasteiger partial charge in [-0.1, -0.05) is 30.3 Å². The van der Waals surface area contributed by atoms with Gasteiger partial charge in [-0.2, -0.15) is 0 Å². The molecule has 3 rings (SSSR count). The first-order valence-corrected chi connectivity index (χ1v) is 7.94. The Hall–Kier alpha value is -2.95. The summed E-state index contributed by atoms with van der Waals surface area (Å²) in [6.45, 7) is 1.06. The lowest BCUT2D eigenvalue weighted by molar-refractivity contribution is 0.0723. The lowest BCUT2D eigenvalue weighted by Gasteiger charge is -2.21. The number of hydrogen-bond donors (Lipinski definition) is 0. The highest BCUT2D eigenvalue weighted by Gasteiger charge is 2.18. The number of hydrogen-bond acceptors (Lipinski definition) is 4. The molecular formula is C19H19N3O2. The number of carbonyl (C=O) groups excluding carboxylic acids is 1. The molecule has 24 heavy (non-hydrogen) atoms. The first kappa shape index (κ1) is 15.9. The molecule has 1 aromatic carbocycles. The zero-order chi connectivity index (χ0) is 16.6. The van der Waals surface area contributed by atoms with E-state index in [1.807, 2.05) is 30.3 Å². The molecule has 0 unspecified atom stereocenters. The Kier molecular flexibility index (Phi) is 5.35. The molecule has 0 aliphatic rings. The molecule has 1 amide bonds. The standard InChI is InChI=1S/C19H19N3O2/c23-19(18-14-20-10-11-21-18)22(15-17-9-5-13-24-17)12-4-8-16-6-2-1-3-7-16/h1-3,5-7,9-11,13-14H,4,8,12,15H2. The Morgan fingerprint density at radius 2 is 1.96 bits per heavy atom. The molecule has 0 radical (unpaired) electrons. The van der Waals surface area contributed by atoms with E-state index in [1.165, 1.54) is 18.0 Å². The van der Waals surface area contributed by atoms with Crippen LogP contribution in [0.4, 0.5) is 0 Å². The van der Waals surface area contributed by atoms with E-state index in [1.54, 1.807) is 17.4 Å². The van der Waals surface area contributed by atoms with Crippen molar-refractivity contribution >= 4 is 5.91 Å². The number of aryl methyl sites for hydroxylation is 1. The molecule has 0 spiro atoms. The lowest BCUT2D eigenvalue weighted by atomic mass is 10.1. The van der Waals surface area contributed by atoms with Crippen LogP contribution in [0.1, 0.15) is 28.2 Å². The fraction of sp³-hybridized carbons (Fsp3) is 0.211. The van der Waals surface area contributed by atoms with Gasteiger partial charge < -0.3 is 9.32 Å². The summed E-state index contributed by atoms with van der Waals surface area (Å²) in [6, 6.07) is 14.0. The first-order valence-electron chi connectivity index (χ1n) is 7.94. The van der Waals surface area contributed by atoms with Crippen LogP contribution in [0.25, 0.3) is 0 Å². The number of rotatable bonds is 7. The first-order chi connectivity index (χ1) is 11.8. The van der Waals surface area contributed by atoms with Crippen LogP contribution in [-0.4, -0.2) is 27.3 Å². The van der Waals surface area contributed by atoms with E-state index in [0.717, 1.165) is 18.6 Å². The third-order valence-corrected chi connectivity index (χ3v) is 3.73. The van der Waals surface area contributed by atoms with Crippen LogP contribution in [-0.2, 0) is 13.0 Å². The molecule has 0 aliphatic carbocycles. The van der Waals surface area contributed by atoms with Crippen LogP contribution >= 0.6 is 0 Å². The molecule has 0 saturated carbocycles. The van der Waals surface area contributed by atoms with Gasteiger partial charge in [-0.25, -0.2) is 4.98 Å². The molecule has 0 bridgehead atoms. The van der Waals surface area contributed by atoms with Crippen molar-refractivity contribution in [1.29, 1.82) is 0 Å². The fourth-order valence-corrected chi connectivity index (χ4v) is 2.53. The highest BCUT2D eigenvalue weighted by molar-refractivity contribution is 5.91. The van der Waals surface area contributed by atoms with Gasteiger partial charge in [-0.05, 0) is 30.5 Å². The molecule has 0 aliphatic heterocycles. The third-order valence-electron chi connectivity index (χ3n) is 3.73. The predicted molar refractivity (Wildman–Crippen MR) is 90.2 cm³/mol. The SMILES string of the molecule is O=C(c1cnccn1)N(CCCc1ccccc1)Cc1ccco1. The second-order valence-electron chi connectivity index (χ2n) is 5.49. The summed E-state index contributed by atoms with van der Waals surface area (Å²) < 4.78 is 5.38. The van der Waals surface area contributed by atoms with Crippen molar-refractivity contribution < 1.29 is 9.21 Å². The highest BCUT2D eigenvalue weighted by atomic mass is 16.3. The minimum Gasteiger partial charge on any atom is -0.467 e. The Labute approximate surface area is 141 Å². The predicted octanol–water partition coefficient (Wildman–Crippen LogP) is 3.34. The second-order valence-corrected chi connectivity index (χ2v) is 5.49. The van der Waals surface area contributed by atoms with Gasteiger partial charge in [0.1, 0.15) is 11.5 Å². The Morgan fingerprint density at radius 1 is 1.08 bits per heavy atom. The Morgan fingerprint density at radius 3 is 2.67 bits per heavy atom. The van der Waals surface area contributed by atoms with Crippen LogP contribution in [0, 0.1) is 0 Å². The van der Waals surface area contributed by atoms with Crippen LogP contribution in [0.15, 0.2) is 71.7 Å². The van der Waals surface area contributed by atoms with Gasteiger partial charge in [0.2, 0.25) is 0 Å². The quantitative estimate of drug-likeness (QED) is 0.669. The highest BCUT2D eigenvalue weighted by Crippen LogP contribution is 2.11. The minimum absolute atomic E-state index is 0.132. The van der Waals surface area contributed by atoms with Crippen molar-refractivity contribution in [3.05, 3.63) is 84.3 Å². The second kappa shape index (κ2) is 8.06. The minimum atomic E-state index is -0.132. The maximum Gasteiger partial charge on any atom is 0.274 e. The summed E-state index contributed by atoms with van der Waals surface area (Å²) in [7, 11) is 0. The molecule has 122 valence electrons. The molecule has 2 heterocycles. The number of benzene rings is 1. The molecule has 0 saturated heterocycles. The molecular weight excluding hydrogens is 302 g/mol. The summed E-state index contributed by atoms with van der Waals surface area (Å²) in [6.07, 6.45) is 7.99. The van der Waals surface area contributed by atoms with Crippen molar-refractivity contribution in [3.63, 3.8) is 0 Å². The summed E-state index contributed by atoms with van der Waals surface area (Å²) in [4.78, 5) is 22.5. The van der Waals surface area contributed by atoms with Crippen molar-refractivity contribution in [2.75, 3.05) is 6.54 Å². The Balaban J connectivity index is 1.66. The molecule has 0 fully saturated rings. The van der Waals surface area contributed by atoms with Gasteiger partial charge in [0.25, 0.3) is 5.91 Å². The monoisotopic (exact) mass is 321 g/mol. The molecule has 5 nitrogen and oxygen atoms in total. The number of aromatic nitrogens is 2. The number of furan rings is 1. The Bertz CT molecular complexity index is 743. The van der Waals surface area contributed by atoms with Gasteiger partial charge in [-0.15, -0.1) is 0 Å². The van der Waals surface area contributed by atoms with Gasteiger partial charge in [0.05, 0.1) is 19.0 Å². The maximum absolute atomic E-state index is 12.7. The van der Waals surface area contributed by atoms with Crippen molar-refractivity contribution in [2.24, 2.45) is 0 Å². The summed E-state index contributed by atoms with van der Waals surface area (Å²) >= 11 is 0. The zero-order valence-electron chi connectivity index (χ0n) is 13.3. The summed E-state index contributed by atoms with van der Waals surface area (Å²) in [5.74, 6) is 0.625. The van der Waals surface area contributed by atoms with Crippen LogP contribution in [0.3, 0.4) is 0 Å². The van der Waals surface area contributed by atoms with E-state index in [4.69, 9.17) is 4.42 Å². The number of amides is 1.